The molecule has 0 aliphatic rings. The second-order valence-electron chi connectivity index (χ2n) is 4.44. The lowest BCUT2D eigenvalue weighted by molar-refractivity contribution is -0.0329. The minimum absolute atomic E-state index is 0.0342. The van der Waals surface area contributed by atoms with E-state index in [0.29, 0.717) is 23.4 Å². The minimum atomic E-state index is -4.22. The lowest BCUT2D eigenvalue weighted by Gasteiger charge is -2.12. The molecule has 0 heterocycles. The number of hydrogen-bond acceptors (Lipinski definition) is 3. The van der Waals surface area contributed by atoms with Gasteiger partial charge in [0.15, 0.2) is 0 Å². The molecule has 0 saturated carbocycles. The van der Waals surface area contributed by atoms with Gasteiger partial charge in [-0.05, 0) is 29.5 Å². The number of ether oxygens (including phenoxy) is 1. The van der Waals surface area contributed by atoms with E-state index < -0.39 is 5.51 Å². The van der Waals surface area contributed by atoms with Crippen LogP contribution >= 0.6 is 23.4 Å². The maximum Gasteiger partial charge on any atom is 0.441 e. The highest BCUT2D eigenvalue weighted by atomic mass is 35.5. The van der Waals surface area contributed by atoms with Gasteiger partial charge in [-0.3, -0.25) is 0 Å². The molecule has 2 nitrogen and oxygen atoms in total. The third-order valence-electron chi connectivity index (χ3n) is 2.32. The molecule has 0 radical (unpaired) electrons. The maximum absolute atomic E-state index is 11.9. The Morgan fingerprint density at radius 1 is 1.35 bits per heavy atom. The first-order chi connectivity index (χ1) is 9.28. The Kier molecular flexibility index (Phi) is 6.99. The van der Waals surface area contributed by atoms with Gasteiger partial charge in [0.2, 0.25) is 0 Å². The fourth-order valence-corrected chi connectivity index (χ4v) is 2.06. The number of halogens is 4. The van der Waals surface area contributed by atoms with Gasteiger partial charge in [-0.1, -0.05) is 31.5 Å². The fraction of sp³-hybridized carbons (Fsp3) is 0.538. The third-order valence-corrected chi connectivity index (χ3v) is 3.31. The van der Waals surface area contributed by atoms with Crippen molar-refractivity contribution in [1.82, 2.24) is 5.32 Å². The molecule has 0 unspecified atom stereocenters. The summed E-state index contributed by atoms with van der Waals surface area (Å²) in [7, 11) is 0. The molecule has 0 aliphatic carbocycles. The van der Waals surface area contributed by atoms with Gasteiger partial charge in [-0.2, -0.15) is 13.2 Å². The molecule has 1 N–H and O–H groups in total. The molecule has 20 heavy (non-hydrogen) atoms. The largest absolute Gasteiger partial charge is 0.491 e. The summed E-state index contributed by atoms with van der Waals surface area (Å²) in [5, 5.41) is 3.66. The van der Waals surface area contributed by atoms with Crippen molar-refractivity contribution >= 4 is 23.4 Å². The van der Waals surface area contributed by atoms with E-state index in [1.165, 1.54) is 0 Å². The molecule has 1 rings (SSSR count). The Morgan fingerprint density at radius 2 is 2.05 bits per heavy atom. The van der Waals surface area contributed by atoms with Gasteiger partial charge in [0, 0.05) is 18.3 Å². The second-order valence-corrected chi connectivity index (χ2v) is 6.01. The van der Waals surface area contributed by atoms with E-state index in [0.717, 1.165) is 5.56 Å². The van der Waals surface area contributed by atoms with E-state index in [2.05, 4.69) is 5.32 Å². The third kappa shape index (κ3) is 7.26. The van der Waals surface area contributed by atoms with Gasteiger partial charge in [0.05, 0.1) is 11.6 Å². The Morgan fingerprint density at radius 3 is 2.60 bits per heavy atom. The van der Waals surface area contributed by atoms with Crippen molar-refractivity contribution in [3.8, 4) is 5.75 Å². The van der Waals surface area contributed by atoms with E-state index in [4.69, 9.17) is 16.3 Å². The van der Waals surface area contributed by atoms with Crippen molar-refractivity contribution < 1.29 is 17.9 Å². The zero-order valence-electron chi connectivity index (χ0n) is 11.3. The number of nitrogens with one attached hydrogen (secondary N) is 1. The van der Waals surface area contributed by atoms with Gasteiger partial charge in [-0.25, -0.2) is 0 Å². The van der Waals surface area contributed by atoms with Crippen molar-refractivity contribution in [3.05, 3.63) is 28.8 Å². The van der Waals surface area contributed by atoms with Crippen LogP contribution in [0.4, 0.5) is 13.2 Å². The quantitative estimate of drug-likeness (QED) is 0.747. The molecular weight excluding hydrogens is 311 g/mol. The molecule has 0 aromatic heterocycles. The molecule has 7 heteroatoms. The molecule has 0 atom stereocenters. The number of benzene rings is 1. The van der Waals surface area contributed by atoms with E-state index in [1.54, 1.807) is 12.1 Å². The summed E-state index contributed by atoms with van der Waals surface area (Å²) < 4.78 is 41.1. The Bertz CT molecular complexity index is 427. The normalized spacial score (nSPS) is 11.9. The van der Waals surface area contributed by atoms with Crippen LogP contribution in [-0.4, -0.2) is 23.9 Å². The van der Waals surface area contributed by atoms with Crippen LogP contribution < -0.4 is 10.1 Å². The van der Waals surface area contributed by atoms with Crippen molar-refractivity contribution in [3.63, 3.8) is 0 Å². The lowest BCUT2D eigenvalue weighted by atomic mass is 10.2. The summed E-state index contributed by atoms with van der Waals surface area (Å²) in [4.78, 5) is 0. The summed E-state index contributed by atoms with van der Waals surface area (Å²) in [6.45, 7) is 4.73. The van der Waals surface area contributed by atoms with Crippen LogP contribution in [-0.2, 0) is 6.54 Å². The first-order valence-corrected chi connectivity index (χ1v) is 7.49. The highest BCUT2D eigenvalue weighted by Gasteiger charge is 2.27. The Hall–Kier alpha value is -0.590. The molecule has 0 spiro atoms. The molecular formula is C13H17ClF3NOS. The van der Waals surface area contributed by atoms with Crippen molar-refractivity contribution in [2.24, 2.45) is 0 Å². The Balaban J connectivity index is 2.43. The van der Waals surface area contributed by atoms with E-state index in [-0.39, 0.29) is 24.1 Å². The van der Waals surface area contributed by atoms with E-state index in [1.807, 2.05) is 19.9 Å². The number of rotatable bonds is 7. The van der Waals surface area contributed by atoms with Gasteiger partial charge in [0.1, 0.15) is 5.75 Å². The summed E-state index contributed by atoms with van der Waals surface area (Å²) in [6, 6.07) is 5.64. The maximum atomic E-state index is 11.9. The first kappa shape index (κ1) is 17.5. The van der Waals surface area contributed by atoms with Crippen molar-refractivity contribution in [2.75, 3.05) is 12.4 Å². The first-order valence-electron chi connectivity index (χ1n) is 6.13. The molecule has 114 valence electrons. The molecule has 0 fully saturated rings. The molecule has 0 aliphatic heterocycles. The molecule has 1 aromatic rings. The fourth-order valence-electron chi connectivity index (χ4n) is 1.40. The SMILES string of the molecule is CC(C)NCc1ccc(OCCSC(F)(F)F)c(Cl)c1. The minimum Gasteiger partial charge on any atom is -0.491 e. The predicted molar refractivity (Wildman–Crippen MR) is 77.4 cm³/mol. The molecule has 0 saturated heterocycles. The van der Waals surface area contributed by atoms with Crippen molar-refractivity contribution in [1.29, 1.82) is 0 Å². The van der Waals surface area contributed by atoms with Crippen LogP contribution in [0.15, 0.2) is 18.2 Å². The number of alkyl halides is 3. The van der Waals surface area contributed by atoms with Crippen LogP contribution in [0.25, 0.3) is 0 Å². The zero-order valence-corrected chi connectivity index (χ0v) is 12.8. The van der Waals surface area contributed by atoms with Crippen LogP contribution in [0.3, 0.4) is 0 Å². The van der Waals surface area contributed by atoms with Crippen LogP contribution in [0.5, 0.6) is 5.75 Å². The highest BCUT2D eigenvalue weighted by molar-refractivity contribution is 8.00. The van der Waals surface area contributed by atoms with E-state index in [9.17, 15) is 13.2 Å². The molecule has 0 bridgehead atoms. The topological polar surface area (TPSA) is 21.3 Å². The summed E-state index contributed by atoms with van der Waals surface area (Å²) in [5.41, 5.74) is -3.22. The average Bonchev–Trinajstić information content (AvgIpc) is 2.32. The highest BCUT2D eigenvalue weighted by Crippen LogP contribution is 2.30. The van der Waals surface area contributed by atoms with Gasteiger partial charge < -0.3 is 10.1 Å². The van der Waals surface area contributed by atoms with Gasteiger partial charge in [0.25, 0.3) is 0 Å². The van der Waals surface area contributed by atoms with Crippen LogP contribution in [0.1, 0.15) is 19.4 Å². The summed E-state index contributed by atoms with van der Waals surface area (Å²) in [6.07, 6.45) is 0. The van der Waals surface area contributed by atoms with E-state index >= 15 is 0 Å². The predicted octanol–water partition coefficient (Wildman–Crippen LogP) is 4.47. The Labute approximate surface area is 126 Å². The van der Waals surface area contributed by atoms with Crippen LogP contribution in [0, 0.1) is 0 Å². The summed E-state index contributed by atoms with van der Waals surface area (Å²) >= 11 is 5.93. The van der Waals surface area contributed by atoms with Crippen LogP contribution in [0.2, 0.25) is 5.02 Å². The number of hydrogen-bond donors (Lipinski definition) is 1. The van der Waals surface area contributed by atoms with Gasteiger partial charge in [-0.15, -0.1) is 0 Å². The lowest BCUT2D eigenvalue weighted by Crippen LogP contribution is -2.21. The summed E-state index contributed by atoms with van der Waals surface area (Å²) in [5.74, 6) is 0.249. The monoisotopic (exact) mass is 327 g/mol. The molecule has 0 amide bonds. The second kappa shape index (κ2) is 8.00. The molecule has 1 aromatic carbocycles. The van der Waals surface area contributed by atoms with Crippen molar-refractivity contribution in [2.45, 2.75) is 31.9 Å². The zero-order chi connectivity index (χ0) is 15.2. The smallest absolute Gasteiger partial charge is 0.441 e. The average molecular weight is 328 g/mol. The number of thioether (sulfide) groups is 1. The van der Waals surface area contributed by atoms with Gasteiger partial charge >= 0.3 is 5.51 Å². The standard InChI is InChI=1S/C13H17ClF3NOS/c1-9(2)18-8-10-3-4-12(11(14)7-10)19-5-6-20-13(15,16)17/h3-4,7,9,18H,5-6,8H2,1-2H3.